The third kappa shape index (κ3) is 6.87. The normalized spacial score (nSPS) is 14.3. The van der Waals surface area contributed by atoms with E-state index in [0.29, 0.717) is 31.0 Å². The number of amides is 1. The number of ether oxygens (including phenoxy) is 2. The third-order valence-corrected chi connectivity index (χ3v) is 5.50. The van der Waals surface area contributed by atoms with E-state index in [1.54, 1.807) is 18.2 Å². The second-order valence-electron chi connectivity index (χ2n) is 7.45. The van der Waals surface area contributed by atoms with Crippen LogP contribution < -0.4 is 9.47 Å². The van der Waals surface area contributed by atoms with E-state index < -0.39 is 5.97 Å². The highest BCUT2D eigenvalue weighted by atomic mass is 35.5. The summed E-state index contributed by atoms with van der Waals surface area (Å²) in [4.78, 5) is 27.4. The Bertz CT molecular complexity index is 895. The molecule has 1 saturated heterocycles. The molecule has 7 nitrogen and oxygen atoms in total. The van der Waals surface area contributed by atoms with Gasteiger partial charge >= 0.3 is 5.97 Å². The molecular formula is C23H27ClN2O5. The summed E-state index contributed by atoms with van der Waals surface area (Å²) in [5.41, 5.74) is 2.04. The molecule has 3 rings (SSSR count). The lowest BCUT2D eigenvalue weighted by atomic mass is 10.1. The zero-order valence-electron chi connectivity index (χ0n) is 17.6. The summed E-state index contributed by atoms with van der Waals surface area (Å²) >= 11 is 5.94. The lowest BCUT2D eigenvalue weighted by molar-refractivity contribution is -0.137. The van der Waals surface area contributed by atoms with Crippen molar-refractivity contribution in [2.75, 3.05) is 39.9 Å². The lowest BCUT2D eigenvalue weighted by Crippen LogP contribution is -2.49. The first-order valence-electron chi connectivity index (χ1n) is 10.2. The number of methoxy groups -OCH3 is 1. The van der Waals surface area contributed by atoms with E-state index in [1.807, 2.05) is 29.2 Å². The summed E-state index contributed by atoms with van der Waals surface area (Å²) in [6.07, 6.45) is 0.455. The van der Waals surface area contributed by atoms with E-state index >= 15 is 0 Å². The number of hydrogen-bond acceptors (Lipinski definition) is 5. The van der Waals surface area contributed by atoms with Gasteiger partial charge in [-0.1, -0.05) is 29.8 Å². The molecule has 0 bridgehead atoms. The Balaban J connectivity index is 1.46. The van der Waals surface area contributed by atoms with Gasteiger partial charge in [0.15, 0.2) is 18.1 Å². The van der Waals surface area contributed by atoms with Gasteiger partial charge in [-0.25, -0.2) is 0 Å². The summed E-state index contributed by atoms with van der Waals surface area (Å²) in [5, 5.41) is 9.55. The molecule has 8 heteroatoms. The van der Waals surface area contributed by atoms with E-state index in [0.717, 1.165) is 30.2 Å². The first-order chi connectivity index (χ1) is 14.9. The number of benzene rings is 2. The predicted molar refractivity (Wildman–Crippen MR) is 118 cm³/mol. The Labute approximate surface area is 187 Å². The van der Waals surface area contributed by atoms with E-state index in [9.17, 15) is 9.59 Å². The smallest absolute Gasteiger partial charge is 0.303 e. The van der Waals surface area contributed by atoms with Crippen molar-refractivity contribution < 1.29 is 24.2 Å². The van der Waals surface area contributed by atoms with Crippen molar-refractivity contribution in [3.8, 4) is 11.5 Å². The Hall–Kier alpha value is -2.77. The molecule has 2 aromatic rings. The van der Waals surface area contributed by atoms with Crippen LogP contribution in [0.1, 0.15) is 17.5 Å². The highest BCUT2D eigenvalue weighted by molar-refractivity contribution is 6.30. The van der Waals surface area contributed by atoms with Crippen LogP contribution in [0.15, 0.2) is 42.5 Å². The Morgan fingerprint density at radius 1 is 1.00 bits per heavy atom. The minimum atomic E-state index is -0.849. The molecule has 1 aliphatic heterocycles. The Morgan fingerprint density at radius 2 is 1.68 bits per heavy atom. The molecule has 1 heterocycles. The van der Waals surface area contributed by atoms with Gasteiger partial charge in [0.25, 0.3) is 5.91 Å². The number of carboxylic acids is 1. The van der Waals surface area contributed by atoms with Gasteiger partial charge in [0.05, 0.1) is 7.11 Å². The van der Waals surface area contributed by atoms with Crippen molar-refractivity contribution in [3.63, 3.8) is 0 Å². The van der Waals surface area contributed by atoms with Gasteiger partial charge < -0.3 is 19.5 Å². The number of carbonyl (C=O) groups is 2. The van der Waals surface area contributed by atoms with E-state index in [4.69, 9.17) is 26.2 Å². The van der Waals surface area contributed by atoms with Crippen LogP contribution in [0.3, 0.4) is 0 Å². The molecule has 1 N–H and O–H groups in total. The second-order valence-corrected chi connectivity index (χ2v) is 7.89. The SMILES string of the molecule is COc1cc(CCC(=O)O)ccc1OCC(=O)N1CCN(Cc2ccc(Cl)cc2)CC1. The number of rotatable bonds is 9. The van der Waals surface area contributed by atoms with Crippen molar-refractivity contribution in [2.24, 2.45) is 0 Å². The summed E-state index contributed by atoms with van der Waals surface area (Å²) < 4.78 is 11.0. The molecule has 0 unspecified atom stereocenters. The number of halogens is 1. The molecule has 0 radical (unpaired) electrons. The highest BCUT2D eigenvalue weighted by Gasteiger charge is 2.22. The first-order valence-corrected chi connectivity index (χ1v) is 10.6. The molecule has 2 aromatic carbocycles. The Morgan fingerprint density at radius 3 is 2.32 bits per heavy atom. The molecule has 0 spiro atoms. The molecule has 1 amide bonds. The van der Waals surface area contributed by atoms with Gasteiger partial charge in [-0.05, 0) is 41.8 Å². The first kappa shape index (κ1) is 22.9. The standard InChI is InChI=1S/C23H27ClN2O5/c1-30-21-14-17(5-9-23(28)29)4-8-20(21)31-16-22(27)26-12-10-25(11-13-26)15-18-2-6-19(24)7-3-18/h2-4,6-8,14H,5,9-13,15-16H2,1H3,(H,28,29). The van der Waals surface area contributed by atoms with Crippen molar-refractivity contribution in [3.05, 3.63) is 58.6 Å². The van der Waals surface area contributed by atoms with Gasteiger partial charge in [0.2, 0.25) is 0 Å². The topological polar surface area (TPSA) is 79.3 Å². The van der Waals surface area contributed by atoms with Crippen molar-refractivity contribution in [2.45, 2.75) is 19.4 Å². The third-order valence-electron chi connectivity index (χ3n) is 5.25. The summed E-state index contributed by atoms with van der Waals surface area (Å²) in [7, 11) is 1.52. The van der Waals surface area contributed by atoms with Gasteiger partial charge in [0.1, 0.15) is 0 Å². The number of hydrogen-bond donors (Lipinski definition) is 1. The van der Waals surface area contributed by atoms with Gasteiger partial charge in [0, 0.05) is 44.2 Å². The average molecular weight is 447 g/mol. The minimum Gasteiger partial charge on any atom is -0.493 e. The maximum Gasteiger partial charge on any atom is 0.303 e. The molecule has 0 atom stereocenters. The zero-order valence-corrected chi connectivity index (χ0v) is 18.3. The van der Waals surface area contributed by atoms with Crippen LogP contribution in [0, 0.1) is 0 Å². The maximum atomic E-state index is 12.6. The van der Waals surface area contributed by atoms with Gasteiger partial charge in [-0.3, -0.25) is 14.5 Å². The number of carbonyl (C=O) groups excluding carboxylic acids is 1. The van der Waals surface area contributed by atoms with Crippen LogP contribution in [0.2, 0.25) is 5.02 Å². The van der Waals surface area contributed by atoms with Crippen molar-refractivity contribution in [1.82, 2.24) is 9.80 Å². The molecule has 0 aliphatic carbocycles. The molecular weight excluding hydrogens is 420 g/mol. The maximum absolute atomic E-state index is 12.6. The number of piperazine rings is 1. The van der Waals surface area contributed by atoms with Crippen LogP contribution in [0.5, 0.6) is 11.5 Å². The molecule has 1 aliphatic rings. The van der Waals surface area contributed by atoms with Gasteiger partial charge in [-0.2, -0.15) is 0 Å². The largest absolute Gasteiger partial charge is 0.493 e. The molecule has 166 valence electrons. The lowest BCUT2D eigenvalue weighted by Gasteiger charge is -2.34. The van der Waals surface area contributed by atoms with Crippen LogP contribution in [0.4, 0.5) is 0 Å². The van der Waals surface area contributed by atoms with Crippen LogP contribution in [-0.2, 0) is 22.6 Å². The quantitative estimate of drug-likeness (QED) is 0.637. The molecule has 1 fully saturated rings. The molecule has 31 heavy (non-hydrogen) atoms. The van der Waals surface area contributed by atoms with E-state index in [1.165, 1.54) is 12.7 Å². The Kier molecular flexibility index (Phi) is 8.14. The van der Waals surface area contributed by atoms with Gasteiger partial charge in [-0.15, -0.1) is 0 Å². The molecule has 0 aromatic heterocycles. The summed E-state index contributed by atoms with van der Waals surface area (Å²) in [5.74, 6) is 0.0427. The van der Waals surface area contributed by atoms with Crippen molar-refractivity contribution in [1.29, 1.82) is 0 Å². The van der Waals surface area contributed by atoms with Crippen LogP contribution in [0.25, 0.3) is 0 Å². The fraction of sp³-hybridized carbons (Fsp3) is 0.391. The van der Waals surface area contributed by atoms with Crippen LogP contribution >= 0.6 is 11.6 Å². The molecule has 0 saturated carbocycles. The highest BCUT2D eigenvalue weighted by Crippen LogP contribution is 2.28. The van der Waals surface area contributed by atoms with Crippen molar-refractivity contribution >= 4 is 23.5 Å². The number of nitrogens with zero attached hydrogens (tertiary/aromatic N) is 2. The minimum absolute atomic E-state index is 0.0475. The average Bonchev–Trinajstić information content (AvgIpc) is 2.78. The summed E-state index contributed by atoms with van der Waals surface area (Å²) in [6, 6.07) is 13.1. The number of aryl methyl sites for hydroxylation is 1. The van der Waals surface area contributed by atoms with E-state index in [2.05, 4.69) is 4.90 Å². The van der Waals surface area contributed by atoms with E-state index in [-0.39, 0.29) is 18.9 Å². The fourth-order valence-electron chi connectivity index (χ4n) is 3.47. The monoisotopic (exact) mass is 446 g/mol. The number of aliphatic carboxylic acids is 1. The van der Waals surface area contributed by atoms with Crippen LogP contribution in [-0.4, -0.2) is 66.7 Å². The fourth-order valence-corrected chi connectivity index (χ4v) is 3.60. The number of carboxylic acid groups (broad SMARTS) is 1. The summed E-state index contributed by atoms with van der Waals surface area (Å²) in [6.45, 7) is 3.68. The zero-order chi connectivity index (χ0) is 22.2. The predicted octanol–water partition coefficient (Wildman–Crippen LogP) is 3.09. The second kappa shape index (κ2) is 11.0.